The van der Waals surface area contributed by atoms with Crippen LogP contribution in [0.5, 0.6) is 11.6 Å². The third-order valence-corrected chi connectivity index (χ3v) is 6.52. The van der Waals surface area contributed by atoms with Gasteiger partial charge in [0.1, 0.15) is 5.75 Å². The number of carbonyl (C=O) groups excluding carboxylic acids is 2. The van der Waals surface area contributed by atoms with E-state index in [0.29, 0.717) is 46.8 Å². The second-order valence-corrected chi connectivity index (χ2v) is 9.17. The van der Waals surface area contributed by atoms with Gasteiger partial charge < -0.3 is 25.2 Å². The summed E-state index contributed by atoms with van der Waals surface area (Å²) in [4.78, 5) is 36.0. The summed E-state index contributed by atoms with van der Waals surface area (Å²) in [6.07, 6.45) is 5.05. The minimum atomic E-state index is -1.05. The number of carboxylic acids is 1. The monoisotopic (exact) mass is 508 g/mol. The minimum Gasteiger partial charge on any atom is -0.496 e. The van der Waals surface area contributed by atoms with Crippen molar-refractivity contribution in [2.75, 3.05) is 25.6 Å². The van der Waals surface area contributed by atoms with Crippen LogP contribution >= 0.6 is 0 Å². The number of carbonyl (C=O) groups is 3. The van der Waals surface area contributed by atoms with Gasteiger partial charge in [0.2, 0.25) is 11.8 Å². The number of nitrogens with zero attached hydrogens (tertiary/aromatic N) is 2. The van der Waals surface area contributed by atoms with Gasteiger partial charge in [-0.1, -0.05) is 18.9 Å². The Morgan fingerprint density at radius 3 is 2.59 bits per heavy atom. The Bertz CT molecular complexity index is 1300. The lowest BCUT2D eigenvalue weighted by Crippen LogP contribution is -2.28. The van der Waals surface area contributed by atoms with Crippen molar-refractivity contribution < 1.29 is 29.0 Å². The summed E-state index contributed by atoms with van der Waals surface area (Å²) in [5, 5.41) is 20.3. The fraction of sp³-hybridized carbons (Fsp3) is 0.407. The molecule has 2 amide bonds. The maximum absolute atomic E-state index is 12.6. The number of likely N-dealkylation sites (N-methyl/N-ethyl adjacent to an activating group) is 1. The molecule has 0 atom stereocenters. The number of ether oxygens (including phenoxy) is 2. The van der Waals surface area contributed by atoms with Gasteiger partial charge in [0, 0.05) is 24.2 Å². The summed E-state index contributed by atoms with van der Waals surface area (Å²) < 4.78 is 12.8. The molecule has 0 bridgehead atoms. The number of rotatable bonds is 11. The first-order valence-electron chi connectivity index (χ1n) is 12.5. The number of hydrogen-bond donors (Lipinski definition) is 3. The number of anilines is 1. The molecule has 10 heteroatoms. The van der Waals surface area contributed by atoms with Crippen LogP contribution in [0, 0.1) is 5.92 Å². The van der Waals surface area contributed by atoms with Gasteiger partial charge >= 0.3 is 5.97 Å². The van der Waals surface area contributed by atoms with Crippen LogP contribution in [0.4, 0.5) is 5.69 Å². The fourth-order valence-electron chi connectivity index (χ4n) is 4.69. The van der Waals surface area contributed by atoms with Gasteiger partial charge in [-0.2, -0.15) is 0 Å². The van der Waals surface area contributed by atoms with Crippen molar-refractivity contribution in [3.63, 3.8) is 0 Å². The molecular formula is C27H32N4O6. The minimum absolute atomic E-state index is 0.0176. The maximum Gasteiger partial charge on any atom is 0.335 e. The number of benzene rings is 2. The number of amides is 2. The average Bonchev–Trinajstić information content (AvgIpc) is 3.50. The van der Waals surface area contributed by atoms with Crippen molar-refractivity contribution in [3.8, 4) is 11.6 Å². The summed E-state index contributed by atoms with van der Waals surface area (Å²) in [6.45, 7) is 2.39. The third-order valence-electron chi connectivity index (χ3n) is 6.52. The van der Waals surface area contributed by atoms with Gasteiger partial charge in [-0.15, -0.1) is 5.10 Å². The van der Waals surface area contributed by atoms with Crippen molar-refractivity contribution >= 4 is 34.4 Å². The van der Waals surface area contributed by atoms with Gasteiger partial charge in [-0.05, 0) is 56.0 Å². The van der Waals surface area contributed by atoms with E-state index in [-0.39, 0.29) is 36.4 Å². The van der Waals surface area contributed by atoms with Crippen LogP contribution in [0.1, 0.15) is 54.9 Å². The molecule has 37 heavy (non-hydrogen) atoms. The van der Waals surface area contributed by atoms with Crippen LogP contribution in [0.15, 0.2) is 36.4 Å². The molecule has 1 fully saturated rings. The van der Waals surface area contributed by atoms with E-state index in [1.807, 2.05) is 19.1 Å². The second kappa shape index (κ2) is 11.8. The number of aromatic nitrogens is 2. The SMILES string of the molecule is CCNC(=O)COc1nn(Cc2ccc(C(=O)O)cc2OC)c2cc(NC(=O)CC3CCCC3)ccc12. The predicted octanol–water partition coefficient (Wildman–Crippen LogP) is 3.83. The van der Waals surface area contributed by atoms with Crippen LogP contribution in [-0.4, -0.2) is 52.9 Å². The van der Waals surface area contributed by atoms with Gasteiger partial charge in [0.15, 0.2) is 6.61 Å². The van der Waals surface area contributed by atoms with Crippen molar-refractivity contribution in [2.24, 2.45) is 5.92 Å². The van der Waals surface area contributed by atoms with E-state index < -0.39 is 5.97 Å². The van der Waals surface area contributed by atoms with E-state index in [2.05, 4.69) is 15.7 Å². The number of fused-ring (bicyclic) bond motifs is 1. The zero-order chi connectivity index (χ0) is 26.4. The molecule has 4 rings (SSSR count). The zero-order valence-electron chi connectivity index (χ0n) is 21.1. The predicted molar refractivity (Wildman–Crippen MR) is 138 cm³/mol. The van der Waals surface area contributed by atoms with Crippen LogP contribution in [0.3, 0.4) is 0 Å². The molecule has 1 heterocycles. The molecule has 1 aromatic heterocycles. The molecule has 10 nitrogen and oxygen atoms in total. The van der Waals surface area contributed by atoms with Gasteiger partial charge in [-0.3, -0.25) is 14.3 Å². The van der Waals surface area contributed by atoms with E-state index in [0.717, 1.165) is 12.8 Å². The molecule has 0 saturated heterocycles. The van der Waals surface area contributed by atoms with E-state index in [9.17, 15) is 19.5 Å². The molecule has 1 aliphatic rings. The number of nitrogens with one attached hydrogen (secondary N) is 2. The highest BCUT2D eigenvalue weighted by molar-refractivity contribution is 5.95. The molecule has 196 valence electrons. The summed E-state index contributed by atoms with van der Waals surface area (Å²) in [6, 6.07) is 10.1. The molecule has 0 spiro atoms. The number of aromatic carboxylic acids is 1. The van der Waals surface area contributed by atoms with Gasteiger partial charge in [0.25, 0.3) is 5.91 Å². The normalized spacial score (nSPS) is 13.5. The lowest BCUT2D eigenvalue weighted by atomic mass is 10.0. The van der Waals surface area contributed by atoms with E-state index >= 15 is 0 Å². The van der Waals surface area contributed by atoms with Gasteiger partial charge in [-0.25, -0.2) is 4.79 Å². The van der Waals surface area contributed by atoms with Crippen molar-refractivity contribution in [1.82, 2.24) is 15.1 Å². The van der Waals surface area contributed by atoms with Crippen LogP contribution in [-0.2, 0) is 16.1 Å². The smallest absolute Gasteiger partial charge is 0.335 e. The quantitative estimate of drug-likeness (QED) is 0.359. The zero-order valence-corrected chi connectivity index (χ0v) is 21.1. The van der Waals surface area contributed by atoms with Crippen molar-refractivity contribution in [2.45, 2.75) is 45.6 Å². The topological polar surface area (TPSA) is 132 Å². The summed E-state index contributed by atoms with van der Waals surface area (Å²) >= 11 is 0. The highest BCUT2D eigenvalue weighted by atomic mass is 16.5. The van der Waals surface area contributed by atoms with Crippen LogP contribution < -0.4 is 20.1 Å². The molecule has 2 aromatic carbocycles. The standard InChI is InChI=1S/C27H32N4O6/c1-3-28-25(33)16-37-26-21-11-10-20(29-24(32)12-17-6-4-5-7-17)14-22(21)31(30-26)15-19-9-8-18(27(34)35)13-23(19)36-2/h8-11,13-14,17H,3-7,12,15-16H2,1-2H3,(H,28,33)(H,29,32)(H,34,35). The first-order valence-corrected chi connectivity index (χ1v) is 12.5. The first kappa shape index (κ1) is 26.0. The molecule has 0 unspecified atom stereocenters. The fourth-order valence-corrected chi connectivity index (χ4v) is 4.69. The number of carboxylic acid groups (broad SMARTS) is 1. The van der Waals surface area contributed by atoms with Gasteiger partial charge in [0.05, 0.1) is 30.1 Å². The Labute approximate surface area is 214 Å². The summed E-state index contributed by atoms with van der Waals surface area (Å²) in [5.41, 5.74) is 2.15. The summed E-state index contributed by atoms with van der Waals surface area (Å²) in [7, 11) is 1.48. The van der Waals surface area contributed by atoms with Crippen LogP contribution in [0.25, 0.3) is 10.9 Å². The number of hydrogen-bond acceptors (Lipinski definition) is 6. The van der Waals surface area contributed by atoms with Crippen LogP contribution in [0.2, 0.25) is 0 Å². The maximum atomic E-state index is 12.6. The Kier molecular flexibility index (Phi) is 8.27. The molecule has 0 aliphatic heterocycles. The Morgan fingerprint density at radius 1 is 1.11 bits per heavy atom. The Hall–Kier alpha value is -4.08. The molecule has 1 aliphatic carbocycles. The van der Waals surface area contributed by atoms with Crippen molar-refractivity contribution in [3.05, 3.63) is 47.5 Å². The highest BCUT2D eigenvalue weighted by Crippen LogP contribution is 2.31. The second-order valence-electron chi connectivity index (χ2n) is 9.17. The lowest BCUT2D eigenvalue weighted by Gasteiger charge is -2.12. The average molecular weight is 509 g/mol. The first-order chi connectivity index (χ1) is 17.9. The highest BCUT2D eigenvalue weighted by Gasteiger charge is 2.20. The van der Waals surface area contributed by atoms with E-state index in [4.69, 9.17) is 9.47 Å². The molecule has 0 radical (unpaired) electrons. The molecular weight excluding hydrogens is 476 g/mol. The molecule has 1 saturated carbocycles. The Morgan fingerprint density at radius 2 is 1.89 bits per heavy atom. The molecule has 3 aromatic rings. The number of methoxy groups -OCH3 is 1. The molecule has 3 N–H and O–H groups in total. The van der Waals surface area contributed by atoms with E-state index in [1.165, 1.54) is 32.1 Å². The lowest BCUT2D eigenvalue weighted by molar-refractivity contribution is -0.123. The van der Waals surface area contributed by atoms with Crippen molar-refractivity contribution in [1.29, 1.82) is 0 Å². The van der Waals surface area contributed by atoms with E-state index in [1.54, 1.807) is 16.8 Å². The Balaban J connectivity index is 1.64. The largest absolute Gasteiger partial charge is 0.496 e. The summed E-state index contributed by atoms with van der Waals surface area (Å²) in [5.74, 6) is -0.193. The third kappa shape index (κ3) is 6.38.